The fourth-order valence-electron chi connectivity index (χ4n) is 0.423. The summed E-state index contributed by atoms with van der Waals surface area (Å²) >= 11 is 2.80. The smallest absolute Gasteiger partial charge is 0.128 e. The van der Waals surface area contributed by atoms with Crippen LogP contribution in [0.3, 0.4) is 0 Å². The minimum Gasteiger partial charge on any atom is -0.154 e. The molecule has 1 aromatic heterocycles. The maximum Gasteiger partial charge on any atom is 0.128 e. The van der Waals surface area contributed by atoms with Gasteiger partial charge in [0, 0.05) is 17.8 Å². The fraction of sp³-hybridized carbons (Fsp3) is 0.500. The van der Waals surface area contributed by atoms with Crippen molar-refractivity contribution >= 4 is 15.9 Å². The first kappa shape index (κ1) is 2.08. The standard InChI is InChI=1S/C8H11BrN2/c1-8(2,3)6-4-5-7(9)11-10-6/h4-5H,1-3H3/i1D3,2D3,3D3,4D,5D. The van der Waals surface area contributed by atoms with E-state index in [-0.39, 0.29) is 4.60 Å². The van der Waals surface area contributed by atoms with E-state index in [0.717, 1.165) is 0 Å². The first-order valence-electron chi connectivity index (χ1n) is 8.09. The Balaban J connectivity index is 4.01. The van der Waals surface area contributed by atoms with Gasteiger partial charge in [-0.3, -0.25) is 0 Å². The average Bonchev–Trinajstić information content (AvgIpc) is 2.24. The molecular formula is C8H11BrN2. The van der Waals surface area contributed by atoms with Gasteiger partial charge in [0.2, 0.25) is 0 Å². The second-order valence-corrected chi connectivity index (χ2v) is 2.59. The highest BCUT2D eigenvalue weighted by Crippen LogP contribution is 2.19. The first-order chi connectivity index (χ1) is 9.59. The second-order valence-electron chi connectivity index (χ2n) is 1.84. The summed E-state index contributed by atoms with van der Waals surface area (Å²) in [5, 5.41) is 6.68. The van der Waals surface area contributed by atoms with Gasteiger partial charge >= 0.3 is 0 Å². The Bertz CT molecular complexity index is 537. The lowest BCUT2D eigenvalue weighted by Gasteiger charge is -2.15. The minimum absolute atomic E-state index is 0.225. The number of aromatic nitrogens is 2. The SMILES string of the molecule is [2H]c1c(Br)nnc(C(C([2H])([2H])[2H])(C([2H])([2H])[2H])C([2H])([2H])[2H])c1[2H]. The molecule has 0 spiro atoms. The van der Waals surface area contributed by atoms with Crippen LogP contribution in [-0.2, 0) is 5.41 Å². The molecular weight excluding hydrogens is 204 g/mol. The molecule has 0 saturated heterocycles. The van der Waals surface area contributed by atoms with Crippen LogP contribution in [-0.4, -0.2) is 10.2 Å². The Labute approximate surface area is 90.6 Å². The van der Waals surface area contributed by atoms with E-state index in [1.54, 1.807) is 0 Å². The molecule has 0 unspecified atom stereocenters. The van der Waals surface area contributed by atoms with Gasteiger partial charge in [0.15, 0.2) is 0 Å². The molecule has 0 aromatic carbocycles. The lowest BCUT2D eigenvalue weighted by molar-refractivity contribution is 0.557. The number of hydrogen-bond acceptors (Lipinski definition) is 2. The predicted octanol–water partition coefficient (Wildman–Crippen LogP) is 2.54. The molecule has 1 aromatic rings. The second kappa shape index (κ2) is 2.89. The zero-order valence-corrected chi connectivity index (χ0v) is 6.86. The van der Waals surface area contributed by atoms with Crippen molar-refractivity contribution in [3.63, 3.8) is 0 Å². The van der Waals surface area contributed by atoms with Crippen molar-refractivity contribution in [3.8, 4) is 0 Å². The van der Waals surface area contributed by atoms with E-state index in [1.807, 2.05) is 0 Å². The van der Waals surface area contributed by atoms with E-state index in [4.69, 9.17) is 15.1 Å². The van der Waals surface area contributed by atoms with Crippen LogP contribution in [0.25, 0.3) is 0 Å². The first-order valence-corrected chi connectivity index (χ1v) is 3.38. The molecule has 0 saturated carbocycles. The monoisotopic (exact) mass is 225 g/mol. The molecule has 2 nitrogen and oxygen atoms in total. The Morgan fingerprint density at radius 1 is 1.45 bits per heavy atom. The number of halogens is 1. The minimum atomic E-state index is -3.53. The van der Waals surface area contributed by atoms with Crippen LogP contribution >= 0.6 is 15.9 Å². The van der Waals surface area contributed by atoms with Crippen LogP contribution in [0.15, 0.2) is 16.7 Å². The van der Waals surface area contributed by atoms with Gasteiger partial charge in [-0.15, -0.1) is 5.10 Å². The van der Waals surface area contributed by atoms with E-state index in [1.165, 1.54) is 0 Å². The summed E-state index contributed by atoms with van der Waals surface area (Å²) in [5.41, 5.74) is -4.49. The Kier molecular flexibility index (Phi) is 0.546. The van der Waals surface area contributed by atoms with Crippen LogP contribution in [0.2, 0.25) is 0 Å². The summed E-state index contributed by atoms with van der Waals surface area (Å²) in [7, 11) is 0. The average molecular weight is 226 g/mol. The summed E-state index contributed by atoms with van der Waals surface area (Å²) in [6.07, 6.45) is 0. The quantitative estimate of drug-likeness (QED) is 0.679. The summed E-state index contributed by atoms with van der Waals surface area (Å²) in [5.74, 6) is 0. The van der Waals surface area contributed by atoms with E-state index in [0.29, 0.717) is 0 Å². The van der Waals surface area contributed by atoms with Crippen molar-refractivity contribution in [3.05, 3.63) is 22.4 Å². The van der Waals surface area contributed by atoms with Crippen molar-refractivity contribution in [1.29, 1.82) is 0 Å². The Morgan fingerprint density at radius 3 is 2.82 bits per heavy atom. The van der Waals surface area contributed by atoms with Crippen LogP contribution in [0, 0.1) is 0 Å². The highest BCUT2D eigenvalue weighted by molar-refractivity contribution is 9.10. The summed E-state index contributed by atoms with van der Waals surface area (Å²) in [6.45, 7) is -10.6. The lowest BCUT2D eigenvalue weighted by atomic mass is 9.92. The predicted molar refractivity (Wildman–Crippen MR) is 48.4 cm³/mol. The van der Waals surface area contributed by atoms with Crippen LogP contribution < -0.4 is 0 Å². The van der Waals surface area contributed by atoms with Gasteiger partial charge in [-0.2, -0.15) is 5.10 Å². The third-order valence-corrected chi connectivity index (χ3v) is 1.23. The summed E-state index contributed by atoms with van der Waals surface area (Å²) in [6, 6.07) is -1.56. The number of nitrogens with zero attached hydrogens (tertiary/aromatic N) is 2. The third kappa shape index (κ3) is 2.26. The maximum absolute atomic E-state index is 7.76. The van der Waals surface area contributed by atoms with Crippen molar-refractivity contribution < 1.29 is 15.1 Å². The molecule has 60 valence electrons. The van der Waals surface area contributed by atoms with Crippen molar-refractivity contribution in [2.75, 3.05) is 0 Å². The molecule has 0 aliphatic rings. The molecule has 0 bridgehead atoms. The van der Waals surface area contributed by atoms with Crippen LogP contribution in [0.4, 0.5) is 0 Å². The van der Waals surface area contributed by atoms with Gasteiger partial charge in [0.1, 0.15) is 4.60 Å². The van der Waals surface area contributed by atoms with Crippen LogP contribution in [0.1, 0.15) is 41.3 Å². The van der Waals surface area contributed by atoms with Crippen LogP contribution in [0.5, 0.6) is 0 Å². The van der Waals surface area contributed by atoms with Crippen molar-refractivity contribution in [2.45, 2.75) is 26.0 Å². The summed E-state index contributed by atoms with van der Waals surface area (Å²) in [4.78, 5) is 0. The topological polar surface area (TPSA) is 25.8 Å². The molecule has 11 heavy (non-hydrogen) atoms. The lowest BCUT2D eigenvalue weighted by Crippen LogP contribution is -2.13. The zero-order chi connectivity index (χ0) is 17.7. The van der Waals surface area contributed by atoms with Gasteiger partial charge in [-0.1, -0.05) is 20.6 Å². The number of hydrogen-bond donors (Lipinski definition) is 0. The van der Waals surface area contributed by atoms with E-state index >= 15 is 0 Å². The molecule has 0 aliphatic carbocycles. The van der Waals surface area contributed by atoms with E-state index in [2.05, 4.69) is 26.1 Å². The van der Waals surface area contributed by atoms with Gasteiger partial charge in [-0.05, 0) is 28.0 Å². The molecule has 1 rings (SSSR count). The van der Waals surface area contributed by atoms with E-state index < -0.39 is 43.7 Å². The summed E-state index contributed by atoms with van der Waals surface area (Å²) < 4.78 is 82.6. The largest absolute Gasteiger partial charge is 0.154 e. The molecule has 0 amide bonds. The molecule has 0 aliphatic heterocycles. The molecule has 0 N–H and O–H groups in total. The third-order valence-electron chi connectivity index (χ3n) is 0.877. The van der Waals surface area contributed by atoms with Gasteiger partial charge in [0.05, 0.1) is 8.44 Å². The number of rotatable bonds is 0. The van der Waals surface area contributed by atoms with Crippen molar-refractivity contribution in [2.24, 2.45) is 0 Å². The van der Waals surface area contributed by atoms with Gasteiger partial charge in [-0.25, -0.2) is 0 Å². The normalized spacial score (nSPS) is 29.7. The van der Waals surface area contributed by atoms with Gasteiger partial charge in [0.25, 0.3) is 0 Å². The maximum atomic E-state index is 7.76. The fourth-order valence-corrected chi connectivity index (χ4v) is 0.602. The highest BCUT2D eigenvalue weighted by Gasteiger charge is 2.14. The Morgan fingerprint density at radius 2 is 2.18 bits per heavy atom. The molecule has 1 heterocycles. The zero-order valence-electron chi connectivity index (χ0n) is 16.3. The molecule has 0 fully saturated rings. The van der Waals surface area contributed by atoms with Gasteiger partial charge < -0.3 is 0 Å². The molecule has 3 heteroatoms. The Hall–Kier alpha value is -0.440. The molecule has 0 radical (unpaired) electrons. The molecule has 0 atom stereocenters. The highest BCUT2D eigenvalue weighted by atomic mass is 79.9. The van der Waals surface area contributed by atoms with E-state index in [9.17, 15) is 0 Å². The van der Waals surface area contributed by atoms with Crippen molar-refractivity contribution in [1.82, 2.24) is 10.2 Å².